The van der Waals surface area contributed by atoms with Gasteiger partial charge in [-0.3, -0.25) is 0 Å². The van der Waals surface area contributed by atoms with Gasteiger partial charge in [-0.15, -0.1) is 0 Å². The van der Waals surface area contributed by atoms with Gasteiger partial charge in [-0.2, -0.15) is 0 Å². The minimum absolute atomic E-state index is 0.404. The van der Waals surface area contributed by atoms with Gasteiger partial charge in [0.1, 0.15) is 19.0 Å². The topological polar surface area (TPSA) is 60.3 Å². The molecule has 0 aromatic heterocycles. The molecule has 0 spiro atoms. The number of oxime groups is 1. The van der Waals surface area contributed by atoms with E-state index in [4.69, 9.17) is 19.4 Å². The molecule has 5 nitrogen and oxygen atoms in total. The predicted octanol–water partition coefficient (Wildman–Crippen LogP) is 3.66. The second kappa shape index (κ2) is 8.68. The minimum atomic E-state index is 0.404. The zero-order chi connectivity index (χ0) is 16.5. The molecular formula is C18H21NO4. The Kier molecular flexibility index (Phi) is 6.29. The first-order valence-corrected chi connectivity index (χ1v) is 7.49. The summed E-state index contributed by atoms with van der Waals surface area (Å²) in [4.78, 5) is 0. The van der Waals surface area contributed by atoms with Crippen LogP contribution in [0.25, 0.3) is 0 Å². The Bertz CT molecular complexity index is 638. The van der Waals surface area contributed by atoms with Crippen molar-refractivity contribution in [1.29, 1.82) is 0 Å². The van der Waals surface area contributed by atoms with Crippen LogP contribution >= 0.6 is 0 Å². The molecule has 0 aliphatic carbocycles. The molecular weight excluding hydrogens is 294 g/mol. The van der Waals surface area contributed by atoms with Crippen LogP contribution in [0, 0.1) is 6.92 Å². The molecule has 2 aromatic rings. The molecule has 0 bridgehead atoms. The van der Waals surface area contributed by atoms with E-state index in [-0.39, 0.29) is 0 Å². The molecule has 5 heteroatoms. The number of benzene rings is 2. The van der Waals surface area contributed by atoms with Crippen LogP contribution in [0.1, 0.15) is 18.1 Å². The lowest BCUT2D eigenvalue weighted by Gasteiger charge is -2.13. The van der Waals surface area contributed by atoms with Crippen molar-refractivity contribution in [2.24, 2.45) is 5.16 Å². The zero-order valence-electron chi connectivity index (χ0n) is 13.4. The number of hydrogen-bond acceptors (Lipinski definition) is 5. The van der Waals surface area contributed by atoms with Crippen LogP contribution in [-0.2, 0) is 0 Å². The highest BCUT2D eigenvalue weighted by Crippen LogP contribution is 2.28. The number of rotatable bonds is 8. The Hall–Kier alpha value is -2.69. The van der Waals surface area contributed by atoms with Gasteiger partial charge in [-0.05, 0) is 44.2 Å². The maximum atomic E-state index is 8.59. The number of aryl methyl sites for hydroxylation is 1. The summed E-state index contributed by atoms with van der Waals surface area (Å²) in [6.45, 7) is 5.30. The molecule has 0 amide bonds. The van der Waals surface area contributed by atoms with Crippen molar-refractivity contribution in [2.75, 3.05) is 19.8 Å². The molecule has 1 N–H and O–H groups in total. The van der Waals surface area contributed by atoms with Gasteiger partial charge in [0.15, 0.2) is 11.5 Å². The van der Waals surface area contributed by atoms with Gasteiger partial charge >= 0.3 is 0 Å². The van der Waals surface area contributed by atoms with Crippen molar-refractivity contribution in [2.45, 2.75) is 13.8 Å². The van der Waals surface area contributed by atoms with Gasteiger partial charge < -0.3 is 19.4 Å². The summed E-state index contributed by atoms with van der Waals surface area (Å²) in [7, 11) is 0. The van der Waals surface area contributed by atoms with E-state index < -0.39 is 0 Å². The van der Waals surface area contributed by atoms with E-state index in [2.05, 4.69) is 5.16 Å². The lowest BCUT2D eigenvalue weighted by atomic mass is 10.2. The van der Waals surface area contributed by atoms with Crippen LogP contribution in [0.15, 0.2) is 47.6 Å². The van der Waals surface area contributed by atoms with Gasteiger partial charge in [0, 0.05) is 5.56 Å². The van der Waals surface area contributed by atoms with E-state index in [1.54, 1.807) is 18.2 Å². The van der Waals surface area contributed by atoms with E-state index in [0.717, 1.165) is 11.3 Å². The zero-order valence-corrected chi connectivity index (χ0v) is 13.4. The summed E-state index contributed by atoms with van der Waals surface area (Å²) < 4.78 is 16.9. The molecule has 2 aromatic carbocycles. The number of ether oxygens (including phenoxy) is 3. The highest BCUT2D eigenvalue weighted by atomic mass is 16.5. The Balaban J connectivity index is 1.90. The van der Waals surface area contributed by atoms with Crippen molar-refractivity contribution in [1.82, 2.24) is 0 Å². The molecule has 23 heavy (non-hydrogen) atoms. The van der Waals surface area contributed by atoms with E-state index >= 15 is 0 Å². The minimum Gasteiger partial charge on any atom is -0.490 e. The van der Waals surface area contributed by atoms with E-state index in [9.17, 15) is 0 Å². The Morgan fingerprint density at radius 1 is 0.957 bits per heavy atom. The monoisotopic (exact) mass is 315 g/mol. The average molecular weight is 315 g/mol. The van der Waals surface area contributed by atoms with E-state index in [0.29, 0.717) is 31.3 Å². The summed E-state index contributed by atoms with van der Waals surface area (Å²) in [6.07, 6.45) is 1.34. The lowest BCUT2D eigenvalue weighted by molar-refractivity contribution is 0.208. The first-order chi connectivity index (χ1) is 11.2. The first-order valence-electron chi connectivity index (χ1n) is 7.49. The molecule has 0 aliphatic heterocycles. The van der Waals surface area contributed by atoms with Crippen molar-refractivity contribution in [3.05, 3.63) is 53.6 Å². The van der Waals surface area contributed by atoms with E-state index in [1.165, 1.54) is 11.8 Å². The molecule has 0 saturated carbocycles. The Morgan fingerprint density at radius 2 is 1.70 bits per heavy atom. The fourth-order valence-corrected chi connectivity index (χ4v) is 2.00. The average Bonchev–Trinajstić information content (AvgIpc) is 2.55. The summed E-state index contributed by atoms with van der Waals surface area (Å²) in [5.74, 6) is 2.06. The highest BCUT2D eigenvalue weighted by molar-refractivity contribution is 5.80. The summed E-state index contributed by atoms with van der Waals surface area (Å²) in [6, 6.07) is 13.2. The summed E-state index contributed by atoms with van der Waals surface area (Å²) >= 11 is 0. The normalized spacial score (nSPS) is 10.7. The van der Waals surface area contributed by atoms with Crippen LogP contribution in [0.2, 0.25) is 0 Å². The van der Waals surface area contributed by atoms with Gasteiger partial charge in [0.2, 0.25) is 0 Å². The smallest absolute Gasteiger partial charge is 0.161 e. The van der Waals surface area contributed by atoms with Crippen molar-refractivity contribution >= 4 is 6.21 Å². The summed E-state index contributed by atoms with van der Waals surface area (Å²) in [5, 5.41) is 11.6. The van der Waals surface area contributed by atoms with Gasteiger partial charge in [-0.1, -0.05) is 22.9 Å². The molecule has 0 heterocycles. The molecule has 0 aliphatic rings. The van der Waals surface area contributed by atoms with Crippen LogP contribution in [-0.4, -0.2) is 31.2 Å². The predicted molar refractivity (Wildman–Crippen MR) is 89.2 cm³/mol. The van der Waals surface area contributed by atoms with Gasteiger partial charge in [-0.25, -0.2) is 0 Å². The maximum Gasteiger partial charge on any atom is 0.161 e. The molecule has 0 radical (unpaired) electrons. The van der Waals surface area contributed by atoms with E-state index in [1.807, 2.05) is 38.1 Å². The third-order valence-corrected chi connectivity index (χ3v) is 3.11. The van der Waals surface area contributed by atoms with Gasteiger partial charge in [0.25, 0.3) is 0 Å². The van der Waals surface area contributed by atoms with Crippen LogP contribution in [0.4, 0.5) is 0 Å². The lowest BCUT2D eigenvalue weighted by Crippen LogP contribution is -2.10. The third-order valence-electron chi connectivity index (χ3n) is 3.11. The van der Waals surface area contributed by atoms with Crippen LogP contribution in [0.5, 0.6) is 17.2 Å². The molecule has 2 rings (SSSR count). The third kappa shape index (κ3) is 5.21. The largest absolute Gasteiger partial charge is 0.490 e. The van der Waals surface area contributed by atoms with Crippen LogP contribution in [0.3, 0.4) is 0 Å². The molecule has 0 unspecified atom stereocenters. The maximum absolute atomic E-state index is 8.59. The Labute approximate surface area is 136 Å². The molecule has 0 saturated heterocycles. The van der Waals surface area contributed by atoms with Crippen molar-refractivity contribution in [3.63, 3.8) is 0 Å². The second-order valence-electron chi connectivity index (χ2n) is 4.89. The molecule has 122 valence electrons. The molecule has 0 atom stereocenters. The Morgan fingerprint density at radius 3 is 2.39 bits per heavy atom. The molecule has 0 fully saturated rings. The summed E-state index contributed by atoms with van der Waals surface area (Å²) in [5.41, 5.74) is 1.93. The SMILES string of the molecule is CCOc1cc(C=NO)ccc1OCCOc1ccc(C)cc1. The first kappa shape index (κ1) is 16.7. The highest BCUT2D eigenvalue weighted by Gasteiger charge is 2.06. The van der Waals surface area contributed by atoms with Crippen molar-refractivity contribution in [3.8, 4) is 17.2 Å². The van der Waals surface area contributed by atoms with Crippen LogP contribution < -0.4 is 14.2 Å². The van der Waals surface area contributed by atoms with Crippen molar-refractivity contribution < 1.29 is 19.4 Å². The quantitative estimate of drug-likeness (QED) is 0.349. The second-order valence-corrected chi connectivity index (χ2v) is 4.89. The number of nitrogens with zero attached hydrogens (tertiary/aromatic N) is 1. The standard InChI is InChI=1S/C18H21NO4/c1-3-21-18-12-15(13-19-20)6-9-17(18)23-11-10-22-16-7-4-14(2)5-8-16/h4-9,12-13,20H,3,10-11H2,1-2H3. The van der Waals surface area contributed by atoms with Gasteiger partial charge in [0.05, 0.1) is 12.8 Å². The fourth-order valence-electron chi connectivity index (χ4n) is 2.00. The fraction of sp³-hybridized carbons (Fsp3) is 0.278. The number of hydrogen-bond donors (Lipinski definition) is 1.